The van der Waals surface area contributed by atoms with Crippen LogP contribution >= 0.6 is 0 Å². The number of carbonyl (C=O) groups excluding carboxylic acids is 1. The van der Waals surface area contributed by atoms with Crippen LogP contribution in [0.25, 0.3) is 0 Å². The summed E-state index contributed by atoms with van der Waals surface area (Å²) in [6.45, 7) is 1.34. The molecule has 0 atom stereocenters. The Labute approximate surface area is 69.8 Å². The molecule has 0 amide bonds. The number of Topliss-reactive ketones (excluding diaryl/α,β-unsaturated/α-hetero) is 1. The normalized spacial score (nSPS) is 9.42. The van der Waals surface area contributed by atoms with Gasteiger partial charge in [0.15, 0.2) is 11.5 Å². The van der Waals surface area contributed by atoms with E-state index < -0.39 is 0 Å². The molecule has 1 rings (SSSR count). The number of nitrogens with zero attached hydrogens (tertiary/aromatic N) is 1. The summed E-state index contributed by atoms with van der Waals surface area (Å²) >= 11 is 0. The number of rotatable bonds is 3. The van der Waals surface area contributed by atoms with Crippen LogP contribution in [0.4, 0.5) is 0 Å². The molecule has 0 aliphatic heterocycles. The average Bonchev–Trinajstić information content (AvgIpc) is 2.03. The highest BCUT2D eigenvalue weighted by atomic mass is 16.5. The van der Waals surface area contributed by atoms with E-state index in [4.69, 9.17) is 9.84 Å². The van der Waals surface area contributed by atoms with Gasteiger partial charge in [-0.2, -0.15) is 0 Å². The molecule has 0 unspecified atom stereocenters. The standard InChI is InChI=1S/C8H9NO3/c1-6(10)5-12-8-7(11)3-2-4-9-8/h2-4,11H,5H2,1H3. The second-order valence-corrected chi connectivity index (χ2v) is 2.32. The maximum absolute atomic E-state index is 10.5. The smallest absolute Gasteiger partial charge is 0.257 e. The third-order valence-electron chi connectivity index (χ3n) is 1.16. The summed E-state index contributed by atoms with van der Waals surface area (Å²) in [5.41, 5.74) is 0. The SMILES string of the molecule is CC(=O)COc1ncccc1O. The topological polar surface area (TPSA) is 59.4 Å². The minimum absolute atomic E-state index is 0.0567. The first-order valence-corrected chi connectivity index (χ1v) is 3.46. The zero-order valence-corrected chi connectivity index (χ0v) is 6.65. The molecule has 0 radical (unpaired) electrons. The van der Waals surface area contributed by atoms with Crippen molar-refractivity contribution in [3.63, 3.8) is 0 Å². The van der Waals surface area contributed by atoms with Gasteiger partial charge in [-0.15, -0.1) is 0 Å². The summed E-state index contributed by atoms with van der Waals surface area (Å²) in [6.07, 6.45) is 1.48. The van der Waals surface area contributed by atoms with Crippen LogP contribution in [0.3, 0.4) is 0 Å². The lowest BCUT2D eigenvalue weighted by atomic mass is 10.4. The van der Waals surface area contributed by atoms with E-state index in [-0.39, 0.29) is 24.0 Å². The average molecular weight is 167 g/mol. The Morgan fingerprint density at radius 2 is 2.50 bits per heavy atom. The first-order valence-electron chi connectivity index (χ1n) is 3.46. The van der Waals surface area contributed by atoms with E-state index in [0.29, 0.717) is 0 Å². The number of pyridine rings is 1. The van der Waals surface area contributed by atoms with Gasteiger partial charge in [0.05, 0.1) is 0 Å². The van der Waals surface area contributed by atoms with Crippen molar-refractivity contribution in [2.24, 2.45) is 0 Å². The number of aromatic nitrogens is 1. The van der Waals surface area contributed by atoms with Crippen molar-refractivity contribution < 1.29 is 14.6 Å². The number of ketones is 1. The number of aromatic hydroxyl groups is 1. The lowest BCUT2D eigenvalue weighted by Crippen LogP contribution is -2.07. The van der Waals surface area contributed by atoms with E-state index in [0.717, 1.165) is 0 Å². The molecule has 12 heavy (non-hydrogen) atoms. The van der Waals surface area contributed by atoms with Crippen molar-refractivity contribution in [3.8, 4) is 11.6 Å². The van der Waals surface area contributed by atoms with Crippen molar-refractivity contribution in [1.82, 2.24) is 4.98 Å². The Kier molecular flexibility index (Phi) is 2.63. The third-order valence-corrected chi connectivity index (χ3v) is 1.16. The van der Waals surface area contributed by atoms with Gasteiger partial charge in [-0.05, 0) is 19.1 Å². The van der Waals surface area contributed by atoms with E-state index in [2.05, 4.69) is 4.98 Å². The number of hydrogen-bond donors (Lipinski definition) is 1. The lowest BCUT2D eigenvalue weighted by Gasteiger charge is -2.02. The van der Waals surface area contributed by atoms with Gasteiger partial charge in [0.25, 0.3) is 5.88 Å². The highest BCUT2D eigenvalue weighted by Gasteiger charge is 2.02. The molecule has 0 aromatic carbocycles. The fourth-order valence-electron chi connectivity index (χ4n) is 0.664. The maximum atomic E-state index is 10.5. The van der Waals surface area contributed by atoms with Gasteiger partial charge in [-0.3, -0.25) is 4.79 Å². The molecule has 1 heterocycles. The van der Waals surface area contributed by atoms with Crippen LogP contribution in [0.2, 0.25) is 0 Å². The van der Waals surface area contributed by atoms with E-state index >= 15 is 0 Å². The summed E-state index contributed by atoms with van der Waals surface area (Å²) in [4.78, 5) is 14.2. The van der Waals surface area contributed by atoms with Gasteiger partial charge in [0.2, 0.25) is 0 Å². The van der Waals surface area contributed by atoms with Crippen molar-refractivity contribution in [2.45, 2.75) is 6.92 Å². The molecule has 1 N–H and O–H groups in total. The van der Waals surface area contributed by atoms with Gasteiger partial charge >= 0.3 is 0 Å². The largest absolute Gasteiger partial charge is 0.503 e. The lowest BCUT2D eigenvalue weighted by molar-refractivity contribution is -0.119. The minimum Gasteiger partial charge on any atom is -0.503 e. The minimum atomic E-state index is -0.111. The monoisotopic (exact) mass is 167 g/mol. The van der Waals surface area contributed by atoms with Crippen LogP contribution in [-0.4, -0.2) is 22.5 Å². The first-order chi connectivity index (χ1) is 5.70. The molecule has 64 valence electrons. The molecule has 4 heteroatoms. The second kappa shape index (κ2) is 3.71. The van der Waals surface area contributed by atoms with Gasteiger partial charge in [-0.25, -0.2) is 4.98 Å². The van der Waals surface area contributed by atoms with Gasteiger partial charge < -0.3 is 9.84 Å². The van der Waals surface area contributed by atoms with E-state index in [1.807, 2.05) is 0 Å². The molecular formula is C8H9NO3. The summed E-state index contributed by atoms with van der Waals surface area (Å²) in [5.74, 6) is -0.0773. The Morgan fingerprint density at radius 1 is 1.75 bits per heavy atom. The first kappa shape index (κ1) is 8.52. The molecule has 0 aliphatic rings. The fourth-order valence-corrected chi connectivity index (χ4v) is 0.664. The number of carbonyl (C=O) groups is 1. The highest BCUT2D eigenvalue weighted by Crippen LogP contribution is 2.20. The van der Waals surface area contributed by atoms with E-state index in [9.17, 15) is 4.79 Å². The van der Waals surface area contributed by atoms with Crippen LogP contribution in [0.1, 0.15) is 6.92 Å². The summed E-state index contributed by atoms with van der Waals surface area (Å²) < 4.78 is 4.89. The predicted molar refractivity (Wildman–Crippen MR) is 42.1 cm³/mol. The number of hydrogen-bond acceptors (Lipinski definition) is 4. The molecule has 1 aromatic rings. The number of ether oxygens (including phenoxy) is 1. The Bertz CT molecular complexity index is 285. The van der Waals surface area contributed by atoms with Crippen LogP contribution in [0, 0.1) is 0 Å². The molecule has 0 aliphatic carbocycles. The second-order valence-electron chi connectivity index (χ2n) is 2.32. The summed E-state index contributed by atoms with van der Waals surface area (Å²) in [6, 6.07) is 3.03. The molecule has 0 bridgehead atoms. The van der Waals surface area contributed by atoms with Crippen molar-refractivity contribution in [3.05, 3.63) is 18.3 Å². The molecule has 4 nitrogen and oxygen atoms in total. The van der Waals surface area contributed by atoms with Crippen LogP contribution in [0.5, 0.6) is 11.6 Å². The van der Waals surface area contributed by atoms with Crippen LogP contribution in [0.15, 0.2) is 18.3 Å². The highest BCUT2D eigenvalue weighted by molar-refractivity contribution is 5.77. The Hall–Kier alpha value is -1.58. The molecule has 0 spiro atoms. The Balaban J connectivity index is 2.63. The third kappa shape index (κ3) is 2.23. The summed E-state index contributed by atoms with van der Waals surface area (Å²) in [5, 5.41) is 9.12. The zero-order valence-electron chi connectivity index (χ0n) is 6.65. The molecule has 1 aromatic heterocycles. The quantitative estimate of drug-likeness (QED) is 0.721. The van der Waals surface area contributed by atoms with Crippen LogP contribution in [-0.2, 0) is 4.79 Å². The predicted octanol–water partition coefficient (Wildman–Crippen LogP) is 0.755. The van der Waals surface area contributed by atoms with Crippen molar-refractivity contribution >= 4 is 5.78 Å². The molecule has 0 fully saturated rings. The molecular weight excluding hydrogens is 158 g/mol. The Morgan fingerprint density at radius 3 is 3.08 bits per heavy atom. The van der Waals surface area contributed by atoms with Crippen molar-refractivity contribution in [2.75, 3.05) is 6.61 Å². The van der Waals surface area contributed by atoms with E-state index in [1.54, 1.807) is 6.07 Å². The molecule has 0 saturated carbocycles. The maximum Gasteiger partial charge on any atom is 0.257 e. The van der Waals surface area contributed by atoms with Gasteiger partial charge in [0, 0.05) is 6.20 Å². The fraction of sp³-hybridized carbons (Fsp3) is 0.250. The van der Waals surface area contributed by atoms with E-state index in [1.165, 1.54) is 19.2 Å². The van der Waals surface area contributed by atoms with Gasteiger partial charge in [-0.1, -0.05) is 0 Å². The van der Waals surface area contributed by atoms with Crippen LogP contribution < -0.4 is 4.74 Å². The van der Waals surface area contributed by atoms with Gasteiger partial charge in [0.1, 0.15) is 6.61 Å². The van der Waals surface area contributed by atoms with Crippen molar-refractivity contribution in [1.29, 1.82) is 0 Å². The zero-order chi connectivity index (χ0) is 8.97. The molecule has 0 saturated heterocycles. The summed E-state index contributed by atoms with van der Waals surface area (Å²) in [7, 11) is 0.